The van der Waals surface area contributed by atoms with Crippen LogP contribution in [0.4, 0.5) is 0 Å². The number of pyridine rings is 2. The SMILES string of the molecule is C/C=C1/C=NC=CC1.C=C.C=C/C(C)=C\C=C/C.c1ccc(-c2ccc3ccc4c(-c5ccc(-c6cncc7ccccc67)cc5)ccc5ccc2c3c54)nc1. The highest BCUT2D eigenvalue weighted by Gasteiger charge is 2.15. The third-order valence-corrected chi connectivity index (χ3v) is 9.81. The molecule has 0 atom stereocenters. The van der Waals surface area contributed by atoms with Crippen LogP contribution in [-0.2, 0) is 0 Å². The van der Waals surface area contributed by atoms with Gasteiger partial charge in [-0.2, -0.15) is 0 Å². The van der Waals surface area contributed by atoms with Crippen molar-refractivity contribution in [3.63, 3.8) is 0 Å². The molecule has 3 nitrogen and oxygen atoms in total. The minimum absolute atomic E-state index is 1.00. The lowest BCUT2D eigenvalue weighted by atomic mass is 9.87. The van der Waals surface area contributed by atoms with E-state index in [-0.39, 0.29) is 0 Å². The van der Waals surface area contributed by atoms with Gasteiger partial charge in [0.1, 0.15) is 0 Å². The third-order valence-electron chi connectivity index (χ3n) is 9.81. The molecule has 0 fully saturated rings. The van der Waals surface area contributed by atoms with Gasteiger partial charge in [-0.25, -0.2) is 0 Å². The lowest BCUT2D eigenvalue weighted by Gasteiger charge is -2.16. The van der Waals surface area contributed by atoms with Crippen molar-refractivity contribution in [2.75, 3.05) is 0 Å². The Morgan fingerprint density at radius 1 is 0.643 bits per heavy atom. The molecule has 1 aliphatic rings. The van der Waals surface area contributed by atoms with Crippen molar-refractivity contribution in [3.05, 3.63) is 207 Å². The molecule has 0 spiro atoms. The lowest BCUT2D eigenvalue weighted by Crippen LogP contribution is -1.90. The summed E-state index contributed by atoms with van der Waals surface area (Å²) in [6.45, 7) is 15.7. The Morgan fingerprint density at radius 3 is 1.89 bits per heavy atom. The van der Waals surface area contributed by atoms with Crippen molar-refractivity contribution < 1.29 is 0 Å². The standard InChI is InChI=1S/C36H22N2.C8H12.C7H9N.C2H4/c1-2-6-28-27(5-1)21-37-22-33(28)24-10-8-23(9-11-24)29-16-12-25-15-19-32-30(34-7-3-4-20-38-34)17-13-26-14-18-31(29)35(25)36(26)32;1-4-6-7-8(3)5-2;1-2-7-4-3-5-8-6-7;1-2/h1-22H;4-7H,2H2,1,3H3;2-3,5-6H,4H2,1H3;1-2H2/b;6-4-,8-7-;7-2+;. The number of fused-ring (bicyclic) bond motifs is 1. The molecule has 0 N–H and O–H groups in total. The van der Waals surface area contributed by atoms with Crippen molar-refractivity contribution in [3.8, 4) is 33.5 Å². The molecule has 0 radical (unpaired) electrons. The topological polar surface area (TPSA) is 38.1 Å². The molecule has 56 heavy (non-hydrogen) atoms. The fourth-order valence-electron chi connectivity index (χ4n) is 6.92. The molecule has 9 rings (SSSR count). The van der Waals surface area contributed by atoms with Crippen LogP contribution in [0.25, 0.3) is 76.6 Å². The van der Waals surface area contributed by atoms with Gasteiger partial charge in [-0.3, -0.25) is 15.0 Å². The molecule has 6 aromatic carbocycles. The zero-order valence-corrected chi connectivity index (χ0v) is 32.5. The van der Waals surface area contributed by atoms with Crippen LogP contribution in [0.2, 0.25) is 0 Å². The Bertz CT molecular complexity index is 2720. The van der Waals surface area contributed by atoms with Crippen LogP contribution in [0, 0.1) is 0 Å². The second-order valence-electron chi connectivity index (χ2n) is 13.2. The molecule has 3 heterocycles. The van der Waals surface area contributed by atoms with Crippen molar-refractivity contribution in [1.82, 2.24) is 9.97 Å². The number of rotatable bonds is 5. The highest BCUT2D eigenvalue weighted by Crippen LogP contribution is 2.42. The monoisotopic (exact) mass is 725 g/mol. The van der Waals surface area contributed by atoms with E-state index in [4.69, 9.17) is 0 Å². The summed E-state index contributed by atoms with van der Waals surface area (Å²) in [7, 11) is 0. The van der Waals surface area contributed by atoms with E-state index in [1.807, 2.05) is 82.1 Å². The first kappa shape index (κ1) is 38.7. The quantitative estimate of drug-likeness (QED) is 0.101. The first-order chi connectivity index (χ1) is 27.6. The summed E-state index contributed by atoms with van der Waals surface area (Å²) < 4.78 is 0. The molecule has 0 saturated carbocycles. The molecule has 0 amide bonds. The van der Waals surface area contributed by atoms with Gasteiger partial charge in [-0.05, 0) is 99.3 Å². The van der Waals surface area contributed by atoms with Crippen molar-refractivity contribution in [2.24, 2.45) is 4.99 Å². The average molecular weight is 726 g/mol. The summed E-state index contributed by atoms with van der Waals surface area (Å²) in [5, 5.41) is 10.1. The maximum atomic E-state index is 4.64. The van der Waals surface area contributed by atoms with E-state index in [2.05, 4.69) is 156 Å². The Hall–Kier alpha value is -6.97. The van der Waals surface area contributed by atoms with Crippen LogP contribution >= 0.6 is 0 Å². The molecule has 8 aromatic rings. The van der Waals surface area contributed by atoms with Gasteiger partial charge >= 0.3 is 0 Å². The van der Waals surface area contributed by atoms with E-state index in [9.17, 15) is 0 Å². The summed E-state index contributed by atoms with van der Waals surface area (Å²) in [4.78, 5) is 13.1. The highest BCUT2D eigenvalue weighted by molar-refractivity contribution is 6.27. The fraction of sp³-hybridized carbons (Fsp3) is 0.0755. The zero-order chi connectivity index (χ0) is 39.3. The first-order valence-electron chi connectivity index (χ1n) is 18.9. The summed E-state index contributed by atoms with van der Waals surface area (Å²) >= 11 is 0. The summed E-state index contributed by atoms with van der Waals surface area (Å²) in [5.41, 5.74) is 9.47. The van der Waals surface area contributed by atoms with Gasteiger partial charge < -0.3 is 0 Å². The number of hydrogen-bond acceptors (Lipinski definition) is 3. The van der Waals surface area contributed by atoms with E-state index in [0.29, 0.717) is 0 Å². The average Bonchev–Trinajstić information content (AvgIpc) is 3.28. The number of nitrogens with zero attached hydrogens (tertiary/aromatic N) is 3. The third kappa shape index (κ3) is 8.54. The first-order valence-corrected chi connectivity index (χ1v) is 18.9. The van der Waals surface area contributed by atoms with E-state index in [0.717, 1.165) is 23.1 Å². The van der Waals surface area contributed by atoms with Crippen LogP contribution in [0.15, 0.2) is 212 Å². The summed E-state index contributed by atoms with van der Waals surface area (Å²) in [5.74, 6) is 0. The van der Waals surface area contributed by atoms with Crippen LogP contribution in [-0.4, -0.2) is 16.2 Å². The summed E-state index contributed by atoms with van der Waals surface area (Å²) in [6.07, 6.45) is 22.5. The van der Waals surface area contributed by atoms with Crippen LogP contribution in [0.1, 0.15) is 27.2 Å². The Labute approximate surface area is 331 Å². The molecule has 2 aromatic heterocycles. The van der Waals surface area contributed by atoms with E-state index < -0.39 is 0 Å². The number of aliphatic imine (C=N–C) groups is 1. The minimum atomic E-state index is 1.00. The van der Waals surface area contributed by atoms with E-state index >= 15 is 0 Å². The Kier molecular flexibility index (Phi) is 13.1. The number of benzene rings is 6. The number of aromatic nitrogens is 2. The Morgan fingerprint density at radius 2 is 1.29 bits per heavy atom. The van der Waals surface area contributed by atoms with Gasteiger partial charge in [0.05, 0.1) is 5.69 Å². The molecule has 0 unspecified atom stereocenters. The van der Waals surface area contributed by atoms with Gasteiger partial charge in [0, 0.05) is 47.5 Å². The molecular weight excluding hydrogens is 679 g/mol. The number of hydrogen-bond donors (Lipinski definition) is 0. The van der Waals surface area contributed by atoms with Crippen molar-refractivity contribution in [1.29, 1.82) is 0 Å². The van der Waals surface area contributed by atoms with Gasteiger partial charge in [-0.15, -0.1) is 13.2 Å². The maximum Gasteiger partial charge on any atom is 0.0708 e. The molecule has 0 saturated heterocycles. The predicted octanol–water partition coefficient (Wildman–Crippen LogP) is 14.9. The predicted molar refractivity (Wildman–Crippen MR) is 246 cm³/mol. The smallest absolute Gasteiger partial charge is 0.0708 e. The molecule has 3 heteroatoms. The van der Waals surface area contributed by atoms with Crippen LogP contribution < -0.4 is 0 Å². The Balaban J connectivity index is 0.000000247. The lowest BCUT2D eigenvalue weighted by molar-refractivity contribution is 1.26. The largest absolute Gasteiger partial charge is 0.265 e. The van der Waals surface area contributed by atoms with E-state index in [1.165, 1.54) is 71.1 Å². The van der Waals surface area contributed by atoms with E-state index in [1.54, 1.807) is 0 Å². The molecular formula is C53H47N3. The molecule has 274 valence electrons. The normalized spacial score (nSPS) is 13.0. The maximum absolute atomic E-state index is 4.64. The zero-order valence-electron chi connectivity index (χ0n) is 32.5. The summed E-state index contributed by atoms with van der Waals surface area (Å²) in [6, 6.07) is 41.4. The molecule has 0 aliphatic carbocycles. The van der Waals surface area contributed by atoms with Gasteiger partial charge in [0.2, 0.25) is 0 Å². The minimum Gasteiger partial charge on any atom is -0.265 e. The van der Waals surface area contributed by atoms with Gasteiger partial charge in [0.25, 0.3) is 0 Å². The number of allylic oxidation sites excluding steroid dienone is 8. The van der Waals surface area contributed by atoms with Gasteiger partial charge in [-0.1, -0.05) is 152 Å². The second kappa shape index (κ2) is 18.9. The van der Waals surface area contributed by atoms with Crippen LogP contribution in [0.5, 0.6) is 0 Å². The molecule has 0 bridgehead atoms. The second-order valence-corrected chi connectivity index (χ2v) is 13.2. The fourth-order valence-corrected chi connectivity index (χ4v) is 6.92. The molecule has 1 aliphatic heterocycles. The highest BCUT2D eigenvalue weighted by atomic mass is 14.7. The van der Waals surface area contributed by atoms with Crippen LogP contribution in [0.3, 0.4) is 0 Å². The van der Waals surface area contributed by atoms with Crippen molar-refractivity contribution in [2.45, 2.75) is 27.2 Å². The van der Waals surface area contributed by atoms with Crippen molar-refractivity contribution >= 4 is 49.3 Å². The van der Waals surface area contributed by atoms with Gasteiger partial charge in [0.15, 0.2) is 0 Å².